The Bertz CT molecular complexity index is 669. The smallest absolute Gasteiger partial charge is 0.227 e. The van der Waals surface area contributed by atoms with E-state index in [2.05, 4.69) is 31.3 Å². The largest absolute Gasteiger partial charge is 0.342 e. The van der Waals surface area contributed by atoms with Crippen molar-refractivity contribution >= 4 is 17.2 Å². The fraction of sp³-hybridized carbons (Fsp3) is 0.556. The van der Waals surface area contributed by atoms with Gasteiger partial charge in [-0.2, -0.15) is 11.3 Å². The number of carbonyl (C=O) groups is 1. The summed E-state index contributed by atoms with van der Waals surface area (Å²) in [7, 11) is 0. The average molecular weight is 329 g/mol. The van der Waals surface area contributed by atoms with Gasteiger partial charge in [-0.05, 0) is 30.7 Å². The predicted molar refractivity (Wildman–Crippen MR) is 92.4 cm³/mol. The van der Waals surface area contributed by atoms with Gasteiger partial charge < -0.3 is 9.47 Å². The average Bonchev–Trinajstić information content (AvgIpc) is 3.16. The summed E-state index contributed by atoms with van der Waals surface area (Å²) in [4.78, 5) is 19.6. The highest BCUT2D eigenvalue weighted by molar-refractivity contribution is 7.08. The Balaban J connectivity index is 1.54. The van der Waals surface area contributed by atoms with Gasteiger partial charge in [0, 0.05) is 37.0 Å². The van der Waals surface area contributed by atoms with E-state index in [9.17, 15) is 4.79 Å². The molecule has 1 atom stereocenters. The lowest BCUT2D eigenvalue weighted by Gasteiger charge is -2.30. The van der Waals surface area contributed by atoms with Crippen molar-refractivity contribution in [2.75, 3.05) is 13.1 Å². The van der Waals surface area contributed by atoms with Crippen LogP contribution in [-0.4, -0.2) is 33.4 Å². The SMILES string of the molecule is O=C(C1CCc2ncc(-c3ccsc3)n2C1)N1CCCCCC1. The van der Waals surface area contributed by atoms with Crippen LogP contribution in [-0.2, 0) is 17.8 Å². The second-order valence-corrected chi connectivity index (χ2v) is 7.44. The molecule has 0 bridgehead atoms. The highest BCUT2D eigenvalue weighted by Crippen LogP contribution is 2.29. The van der Waals surface area contributed by atoms with E-state index in [1.165, 1.54) is 18.4 Å². The molecule has 2 aliphatic rings. The summed E-state index contributed by atoms with van der Waals surface area (Å²) in [6.07, 6.45) is 8.68. The van der Waals surface area contributed by atoms with Crippen molar-refractivity contribution in [1.82, 2.24) is 14.5 Å². The van der Waals surface area contributed by atoms with Gasteiger partial charge in [0.1, 0.15) is 5.82 Å². The fourth-order valence-corrected chi connectivity index (χ4v) is 4.47. The van der Waals surface area contributed by atoms with Crippen molar-refractivity contribution in [2.45, 2.75) is 45.1 Å². The number of hydrogen-bond donors (Lipinski definition) is 0. The van der Waals surface area contributed by atoms with Crippen molar-refractivity contribution in [3.63, 3.8) is 0 Å². The topological polar surface area (TPSA) is 38.1 Å². The summed E-state index contributed by atoms with van der Waals surface area (Å²) in [6.45, 7) is 2.68. The van der Waals surface area contributed by atoms with E-state index in [1.807, 2.05) is 6.20 Å². The zero-order chi connectivity index (χ0) is 15.6. The van der Waals surface area contributed by atoms with Gasteiger partial charge in [0.25, 0.3) is 0 Å². The third-order valence-electron chi connectivity index (χ3n) is 5.14. The molecule has 0 N–H and O–H groups in total. The molecule has 23 heavy (non-hydrogen) atoms. The van der Waals surface area contributed by atoms with Crippen LogP contribution >= 0.6 is 11.3 Å². The van der Waals surface area contributed by atoms with Crippen LogP contribution in [0.4, 0.5) is 0 Å². The molecule has 1 amide bonds. The first kappa shape index (κ1) is 14.9. The quantitative estimate of drug-likeness (QED) is 0.845. The van der Waals surface area contributed by atoms with Gasteiger partial charge in [-0.1, -0.05) is 12.8 Å². The van der Waals surface area contributed by atoms with Crippen molar-refractivity contribution in [2.24, 2.45) is 5.92 Å². The van der Waals surface area contributed by atoms with E-state index in [0.29, 0.717) is 5.91 Å². The molecule has 2 aromatic heterocycles. The van der Waals surface area contributed by atoms with Gasteiger partial charge in [-0.25, -0.2) is 4.98 Å². The van der Waals surface area contributed by atoms with Crippen LogP contribution in [0.3, 0.4) is 0 Å². The molecule has 4 nitrogen and oxygen atoms in total. The molecule has 0 saturated carbocycles. The fourth-order valence-electron chi connectivity index (χ4n) is 3.82. The van der Waals surface area contributed by atoms with Gasteiger partial charge in [0.05, 0.1) is 17.8 Å². The third-order valence-corrected chi connectivity index (χ3v) is 5.82. The minimum Gasteiger partial charge on any atom is -0.342 e. The summed E-state index contributed by atoms with van der Waals surface area (Å²) < 4.78 is 2.27. The number of amides is 1. The van der Waals surface area contributed by atoms with Crippen LogP contribution in [0.15, 0.2) is 23.0 Å². The van der Waals surface area contributed by atoms with Crippen molar-refractivity contribution in [1.29, 1.82) is 0 Å². The number of aryl methyl sites for hydroxylation is 1. The molecule has 122 valence electrons. The van der Waals surface area contributed by atoms with Crippen LogP contribution in [0.25, 0.3) is 11.3 Å². The van der Waals surface area contributed by atoms with Gasteiger partial charge in [-0.15, -0.1) is 0 Å². The maximum atomic E-state index is 12.9. The Kier molecular flexibility index (Phi) is 4.21. The first-order valence-electron chi connectivity index (χ1n) is 8.68. The van der Waals surface area contributed by atoms with Crippen molar-refractivity contribution < 1.29 is 4.79 Å². The maximum absolute atomic E-state index is 12.9. The molecule has 1 saturated heterocycles. The number of rotatable bonds is 2. The summed E-state index contributed by atoms with van der Waals surface area (Å²) >= 11 is 1.70. The Morgan fingerprint density at radius 3 is 2.78 bits per heavy atom. The standard InChI is InChI=1S/C18H23N3OS/c22-18(20-8-3-1-2-4-9-20)14-5-6-17-19-11-16(21(17)12-14)15-7-10-23-13-15/h7,10-11,13-14H,1-6,8-9,12H2. The Morgan fingerprint density at radius 2 is 2.04 bits per heavy atom. The van der Waals surface area contributed by atoms with Crippen LogP contribution in [0.2, 0.25) is 0 Å². The first-order valence-corrected chi connectivity index (χ1v) is 9.63. The number of aromatic nitrogens is 2. The number of likely N-dealkylation sites (tertiary alicyclic amines) is 1. The van der Waals surface area contributed by atoms with E-state index in [1.54, 1.807) is 11.3 Å². The molecule has 0 aliphatic carbocycles. The number of fused-ring (bicyclic) bond motifs is 1. The monoisotopic (exact) mass is 329 g/mol. The molecule has 4 heterocycles. The molecule has 2 aliphatic heterocycles. The normalized spacial score (nSPS) is 21.7. The van der Waals surface area contributed by atoms with Crippen molar-refractivity contribution in [3.05, 3.63) is 28.8 Å². The third kappa shape index (κ3) is 2.94. The summed E-state index contributed by atoms with van der Waals surface area (Å²) in [6, 6.07) is 2.13. The highest BCUT2D eigenvalue weighted by atomic mass is 32.1. The minimum absolute atomic E-state index is 0.118. The van der Waals surface area contributed by atoms with Crippen LogP contribution in [0.5, 0.6) is 0 Å². The van der Waals surface area contributed by atoms with Gasteiger partial charge >= 0.3 is 0 Å². The lowest BCUT2D eigenvalue weighted by atomic mass is 9.97. The summed E-state index contributed by atoms with van der Waals surface area (Å²) in [5, 5.41) is 4.25. The van der Waals surface area contributed by atoms with Crippen LogP contribution < -0.4 is 0 Å². The molecule has 0 aromatic carbocycles. The molecular formula is C18H23N3OS. The van der Waals surface area contributed by atoms with E-state index < -0.39 is 0 Å². The van der Waals surface area contributed by atoms with Crippen LogP contribution in [0.1, 0.15) is 37.9 Å². The number of carbonyl (C=O) groups excluding carboxylic acids is 1. The molecular weight excluding hydrogens is 306 g/mol. The number of imidazole rings is 1. The van der Waals surface area contributed by atoms with Gasteiger partial charge in [-0.3, -0.25) is 4.79 Å². The maximum Gasteiger partial charge on any atom is 0.227 e. The second-order valence-electron chi connectivity index (χ2n) is 6.66. The molecule has 5 heteroatoms. The zero-order valence-electron chi connectivity index (χ0n) is 13.4. The summed E-state index contributed by atoms with van der Waals surface area (Å²) in [5.41, 5.74) is 2.38. The Hall–Kier alpha value is -1.62. The number of hydrogen-bond acceptors (Lipinski definition) is 3. The molecule has 0 spiro atoms. The van der Waals surface area contributed by atoms with Crippen molar-refractivity contribution in [3.8, 4) is 11.3 Å². The highest BCUT2D eigenvalue weighted by Gasteiger charge is 2.30. The minimum atomic E-state index is 0.118. The first-order chi connectivity index (χ1) is 11.3. The lowest BCUT2D eigenvalue weighted by Crippen LogP contribution is -2.40. The van der Waals surface area contributed by atoms with Gasteiger partial charge in [0.2, 0.25) is 5.91 Å². The van der Waals surface area contributed by atoms with Crippen LogP contribution in [0, 0.1) is 5.92 Å². The van der Waals surface area contributed by atoms with E-state index in [4.69, 9.17) is 0 Å². The zero-order valence-corrected chi connectivity index (χ0v) is 14.2. The predicted octanol–water partition coefficient (Wildman–Crippen LogP) is 3.58. The second kappa shape index (κ2) is 6.48. The Labute approximate surface area is 141 Å². The number of nitrogens with zero attached hydrogens (tertiary/aromatic N) is 3. The molecule has 2 aromatic rings. The van der Waals surface area contributed by atoms with E-state index in [0.717, 1.165) is 56.8 Å². The Morgan fingerprint density at radius 1 is 1.22 bits per heavy atom. The molecule has 0 radical (unpaired) electrons. The van der Waals surface area contributed by atoms with Gasteiger partial charge in [0.15, 0.2) is 0 Å². The molecule has 1 fully saturated rings. The van der Waals surface area contributed by atoms with E-state index in [-0.39, 0.29) is 5.92 Å². The lowest BCUT2D eigenvalue weighted by molar-refractivity contribution is -0.136. The summed E-state index contributed by atoms with van der Waals surface area (Å²) in [5.74, 6) is 1.61. The molecule has 1 unspecified atom stereocenters. The van der Waals surface area contributed by atoms with E-state index >= 15 is 0 Å². The number of thiophene rings is 1. The molecule has 4 rings (SSSR count).